The summed E-state index contributed by atoms with van der Waals surface area (Å²) in [7, 11) is 0. The van der Waals surface area contributed by atoms with Crippen molar-refractivity contribution in [2.75, 3.05) is 6.61 Å². The molecule has 1 saturated heterocycles. The number of hydrogen-bond donors (Lipinski definition) is 3. The Morgan fingerprint density at radius 3 is 2.19 bits per heavy atom. The van der Waals surface area contributed by atoms with Gasteiger partial charge in [0.2, 0.25) is 6.29 Å². The number of hydrogen-bond acceptors (Lipinski definition) is 5. The van der Waals surface area contributed by atoms with E-state index in [2.05, 4.69) is 0 Å². The Labute approximate surface area is 127 Å². The van der Waals surface area contributed by atoms with Gasteiger partial charge in [0, 0.05) is 12.8 Å². The molecule has 0 amide bonds. The molecule has 0 radical (unpaired) electrons. The van der Waals surface area contributed by atoms with Gasteiger partial charge in [-0.1, -0.05) is 27.7 Å². The van der Waals surface area contributed by atoms with E-state index in [0.29, 0.717) is 18.6 Å². The normalized spacial score (nSPS) is 24.0. The molecule has 0 bridgehead atoms. The molecule has 122 valence electrons. The largest absolute Gasteiger partial charge is 0.508 e. The summed E-state index contributed by atoms with van der Waals surface area (Å²) in [6.07, 6.45) is -0.687. The third-order valence-electron chi connectivity index (χ3n) is 2.65. The van der Waals surface area contributed by atoms with E-state index in [9.17, 15) is 5.11 Å². The van der Waals surface area contributed by atoms with Crippen molar-refractivity contribution in [1.29, 1.82) is 0 Å². The minimum absolute atomic E-state index is 0.132. The number of benzene rings is 1. The molecule has 5 nitrogen and oxygen atoms in total. The maximum atomic E-state index is 9.59. The Bertz CT molecular complexity index is 352. The summed E-state index contributed by atoms with van der Waals surface area (Å²) in [6, 6.07) is 6.26. The maximum absolute atomic E-state index is 9.59. The molecular weight excluding hydrogens is 272 g/mol. The Kier molecular flexibility index (Phi) is 10.7. The highest BCUT2D eigenvalue weighted by atomic mass is 16.7. The van der Waals surface area contributed by atoms with Crippen LogP contribution >= 0.6 is 0 Å². The molecule has 0 aromatic heterocycles. The summed E-state index contributed by atoms with van der Waals surface area (Å²) in [4.78, 5) is 0. The van der Waals surface area contributed by atoms with Crippen LogP contribution in [0.2, 0.25) is 0 Å². The van der Waals surface area contributed by atoms with Crippen LogP contribution in [0.4, 0.5) is 0 Å². The van der Waals surface area contributed by atoms with Crippen LogP contribution in [0.25, 0.3) is 0 Å². The lowest BCUT2D eigenvalue weighted by molar-refractivity contribution is -0.184. The average Bonchev–Trinajstić information content (AvgIpc) is 2.53. The summed E-state index contributed by atoms with van der Waals surface area (Å²) >= 11 is 0. The molecule has 1 fully saturated rings. The standard InChI is InChI=1S/C12H16O5.2C2H6/c13-7-11-5-9(15)6-12(17-11)16-10-3-1-8(14)2-4-10;2*1-2/h1-4,9,11-15H,5-7H2;2*1-2H3. The highest BCUT2D eigenvalue weighted by molar-refractivity contribution is 5.30. The molecule has 1 aromatic rings. The maximum Gasteiger partial charge on any atom is 0.202 e. The van der Waals surface area contributed by atoms with Gasteiger partial charge in [0.05, 0.1) is 18.8 Å². The van der Waals surface area contributed by atoms with Gasteiger partial charge < -0.3 is 24.8 Å². The predicted molar refractivity (Wildman–Crippen MR) is 82.4 cm³/mol. The molecule has 2 rings (SSSR count). The van der Waals surface area contributed by atoms with Gasteiger partial charge >= 0.3 is 0 Å². The van der Waals surface area contributed by atoms with Crippen molar-refractivity contribution >= 4 is 0 Å². The summed E-state index contributed by atoms with van der Waals surface area (Å²) in [5.41, 5.74) is 0. The molecule has 0 aliphatic carbocycles. The van der Waals surface area contributed by atoms with Crippen LogP contribution < -0.4 is 4.74 Å². The molecule has 21 heavy (non-hydrogen) atoms. The van der Waals surface area contributed by atoms with Crippen molar-refractivity contribution in [3.8, 4) is 11.5 Å². The van der Waals surface area contributed by atoms with Crippen LogP contribution in [0.3, 0.4) is 0 Å². The summed E-state index contributed by atoms with van der Waals surface area (Å²) in [5, 5.41) is 27.7. The van der Waals surface area contributed by atoms with Crippen LogP contribution in [0.1, 0.15) is 40.5 Å². The molecule has 0 spiro atoms. The lowest BCUT2D eigenvalue weighted by Crippen LogP contribution is -2.40. The van der Waals surface area contributed by atoms with Crippen LogP contribution in [0.5, 0.6) is 11.5 Å². The number of rotatable bonds is 3. The smallest absolute Gasteiger partial charge is 0.202 e. The van der Waals surface area contributed by atoms with Gasteiger partial charge in [0.15, 0.2) is 0 Å². The molecule has 1 aliphatic rings. The third kappa shape index (κ3) is 7.32. The van der Waals surface area contributed by atoms with E-state index in [4.69, 9.17) is 19.7 Å². The number of phenols is 1. The fourth-order valence-corrected chi connectivity index (χ4v) is 1.82. The fourth-order valence-electron chi connectivity index (χ4n) is 1.82. The predicted octanol–water partition coefficient (Wildman–Crippen LogP) is 2.68. The molecular formula is C16H28O5. The van der Waals surface area contributed by atoms with E-state index >= 15 is 0 Å². The lowest BCUT2D eigenvalue weighted by Gasteiger charge is -2.32. The SMILES string of the molecule is CC.CC.OCC1CC(O)CC(Oc2ccc(O)cc2)O1. The van der Waals surface area contributed by atoms with Crippen LogP contribution in [0, 0.1) is 0 Å². The van der Waals surface area contributed by atoms with E-state index in [1.165, 1.54) is 12.1 Å². The molecule has 3 N–H and O–H groups in total. The summed E-state index contributed by atoms with van der Waals surface area (Å²) < 4.78 is 11.0. The quantitative estimate of drug-likeness (QED) is 0.800. The number of phenolic OH excluding ortho intramolecular Hbond substituents is 1. The van der Waals surface area contributed by atoms with Crippen molar-refractivity contribution in [2.45, 2.75) is 59.0 Å². The second kappa shape index (κ2) is 11.4. The first-order chi connectivity index (χ1) is 10.2. The molecule has 3 atom stereocenters. The second-order valence-electron chi connectivity index (χ2n) is 4.11. The van der Waals surface area contributed by atoms with Crippen molar-refractivity contribution < 1.29 is 24.8 Å². The third-order valence-corrected chi connectivity index (χ3v) is 2.65. The molecule has 5 heteroatoms. The van der Waals surface area contributed by atoms with Gasteiger partial charge in [-0.25, -0.2) is 0 Å². The number of ether oxygens (including phenoxy) is 2. The Balaban J connectivity index is 0.000000921. The first kappa shape index (κ1) is 19.7. The topological polar surface area (TPSA) is 79.2 Å². The zero-order valence-corrected chi connectivity index (χ0v) is 13.3. The van der Waals surface area contributed by atoms with E-state index in [1.807, 2.05) is 27.7 Å². The lowest BCUT2D eigenvalue weighted by atomic mass is 10.1. The van der Waals surface area contributed by atoms with Crippen LogP contribution in [-0.2, 0) is 4.74 Å². The first-order valence-electron chi connectivity index (χ1n) is 7.57. The van der Waals surface area contributed by atoms with E-state index in [-0.39, 0.29) is 18.5 Å². The van der Waals surface area contributed by atoms with E-state index < -0.39 is 12.4 Å². The zero-order valence-electron chi connectivity index (χ0n) is 13.3. The summed E-state index contributed by atoms with van der Waals surface area (Å²) in [5.74, 6) is 0.716. The van der Waals surface area contributed by atoms with Gasteiger partial charge in [-0.2, -0.15) is 0 Å². The number of aliphatic hydroxyl groups excluding tert-OH is 2. The van der Waals surface area contributed by atoms with Crippen molar-refractivity contribution in [3.05, 3.63) is 24.3 Å². The molecule has 1 heterocycles. The van der Waals surface area contributed by atoms with Gasteiger partial charge in [0.1, 0.15) is 11.5 Å². The Morgan fingerprint density at radius 1 is 1.10 bits per heavy atom. The first-order valence-corrected chi connectivity index (χ1v) is 7.57. The van der Waals surface area contributed by atoms with Gasteiger partial charge in [-0.05, 0) is 24.3 Å². The summed E-state index contributed by atoms with van der Waals surface area (Å²) in [6.45, 7) is 7.87. The Hall–Kier alpha value is -1.30. The minimum Gasteiger partial charge on any atom is -0.508 e. The Morgan fingerprint density at radius 2 is 1.67 bits per heavy atom. The van der Waals surface area contributed by atoms with Crippen molar-refractivity contribution in [1.82, 2.24) is 0 Å². The van der Waals surface area contributed by atoms with Crippen molar-refractivity contribution in [3.63, 3.8) is 0 Å². The van der Waals surface area contributed by atoms with E-state index in [0.717, 1.165) is 0 Å². The number of aliphatic hydroxyl groups is 2. The molecule has 3 unspecified atom stereocenters. The average molecular weight is 300 g/mol. The zero-order chi connectivity index (χ0) is 16.3. The van der Waals surface area contributed by atoms with Crippen LogP contribution in [-0.4, -0.2) is 40.4 Å². The fraction of sp³-hybridized carbons (Fsp3) is 0.625. The highest BCUT2D eigenvalue weighted by Gasteiger charge is 2.29. The van der Waals surface area contributed by atoms with Crippen LogP contribution in [0.15, 0.2) is 24.3 Å². The van der Waals surface area contributed by atoms with E-state index in [1.54, 1.807) is 12.1 Å². The minimum atomic E-state index is -0.569. The molecule has 1 aromatic carbocycles. The second-order valence-corrected chi connectivity index (χ2v) is 4.11. The monoisotopic (exact) mass is 300 g/mol. The number of aromatic hydroxyl groups is 1. The highest BCUT2D eigenvalue weighted by Crippen LogP contribution is 2.24. The molecule has 1 aliphatic heterocycles. The van der Waals surface area contributed by atoms with Gasteiger partial charge in [-0.3, -0.25) is 0 Å². The van der Waals surface area contributed by atoms with Crippen molar-refractivity contribution in [2.24, 2.45) is 0 Å². The van der Waals surface area contributed by atoms with Gasteiger partial charge in [-0.15, -0.1) is 0 Å². The van der Waals surface area contributed by atoms with Gasteiger partial charge in [0.25, 0.3) is 0 Å². The molecule has 0 saturated carbocycles.